The quantitative estimate of drug-likeness (QED) is 0.194. The Hall–Kier alpha value is -0.370. The maximum Gasteiger partial charge on any atom is 0.264 e. The molecule has 0 saturated carbocycles. The van der Waals surface area contributed by atoms with Gasteiger partial charge in [-0.25, -0.2) is 0 Å². The Morgan fingerprint density at radius 1 is 1.04 bits per heavy atom. The minimum atomic E-state index is -3.92. The van der Waals surface area contributed by atoms with Crippen molar-refractivity contribution in [3.05, 3.63) is 0 Å². The number of hydrogen-bond acceptors (Lipinski definition) is 9. The number of unbranched alkanes of at least 4 members (excludes halogenated alkanes) is 1. The molecule has 11 heteroatoms. The number of aliphatic hydroxyl groups excluding tert-OH is 4. The van der Waals surface area contributed by atoms with Crippen molar-refractivity contribution in [3.63, 3.8) is 0 Å². The summed E-state index contributed by atoms with van der Waals surface area (Å²) >= 11 is 0. The molecule has 0 amide bonds. The van der Waals surface area contributed by atoms with E-state index in [9.17, 15) is 23.7 Å². The highest BCUT2D eigenvalue weighted by molar-refractivity contribution is 7.85. The van der Waals surface area contributed by atoms with E-state index in [0.29, 0.717) is 25.9 Å². The molecule has 1 saturated heterocycles. The summed E-state index contributed by atoms with van der Waals surface area (Å²) in [5, 5.41) is 38.2. The number of nitrogens with zero attached hydrogens (tertiary/aromatic N) is 1. The van der Waals surface area contributed by atoms with Crippen molar-refractivity contribution >= 4 is 10.1 Å². The number of hydrogen-bond donors (Lipinski definition) is 5. The fourth-order valence-electron chi connectivity index (χ4n) is 2.52. The summed E-state index contributed by atoms with van der Waals surface area (Å²) in [5.41, 5.74) is 0. The van der Waals surface area contributed by atoms with E-state index in [1.807, 2.05) is 11.9 Å². The van der Waals surface area contributed by atoms with E-state index in [1.54, 1.807) is 0 Å². The standard InChI is InChI=1S/C14H29NO9S/c1-15(6-4-8-25(20,21)22)5-2-3-7-23-14-13(19)12(18)11(17)10(9-16)24-14/h10-14,16-19H,2-9H2,1H3,(H,20,21,22)/t10-,11-,12+,13-,14-/m1/s1. The van der Waals surface area contributed by atoms with Gasteiger partial charge >= 0.3 is 0 Å². The first-order valence-electron chi connectivity index (χ1n) is 8.21. The van der Waals surface area contributed by atoms with Crippen LogP contribution in [0.5, 0.6) is 0 Å². The molecule has 25 heavy (non-hydrogen) atoms. The molecule has 1 heterocycles. The Labute approximate surface area is 147 Å². The van der Waals surface area contributed by atoms with Gasteiger partial charge in [-0.05, 0) is 39.4 Å². The summed E-state index contributed by atoms with van der Waals surface area (Å²) in [6.45, 7) is 0.984. The number of ether oxygens (including phenoxy) is 2. The first-order valence-corrected chi connectivity index (χ1v) is 9.82. The lowest BCUT2D eigenvalue weighted by atomic mass is 9.99. The molecular weight excluding hydrogens is 358 g/mol. The van der Waals surface area contributed by atoms with Crippen LogP contribution in [0.15, 0.2) is 0 Å². The predicted octanol–water partition coefficient (Wildman–Crippen LogP) is -2.21. The first kappa shape index (κ1) is 22.7. The zero-order valence-corrected chi connectivity index (χ0v) is 15.1. The van der Waals surface area contributed by atoms with Gasteiger partial charge in [-0.2, -0.15) is 8.42 Å². The van der Waals surface area contributed by atoms with Crippen LogP contribution < -0.4 is 0 Å². The molecule has 5 N–H and O–H groups in total. The fraction of sp³-hybridized carbons (Fsp3) is 1.00. The minimum absolute atomic E-state index is 0.252. The van der Waals surface area contributed by atoms with Crippen LogP contribution in [-0.4, -0.2) is 108 Å². The maximum absolute atomic E-state index is 10.6. The third-order valence-electron chi connectivity index (χ3n) is 4.01. The Bertz CT molecular complexity index is 473. The van der Waals surface area contributed by atoms with Gasteiger partial charge in [0.25, 0.3) is 10.1 Å². The normalized spacial score (nSPS) is 30.8. The predicted molar refractivity (Wildman–Crippen MR) is 87.5 cm³/mol. The molecule has 1 aliphatic heterocycles. The van der Waals surface area contributed by atoms with Crippen molar-refractivity contribution in [3.8, 4) is 0 Å². The molecule has 0 spiro atoms. The lowest BCUT2D eigenvalue weighted by Gasteiger charge is -2.39. The van der Waals surface area contributed by atoms with Crippen LogP contribution in [0.2, 0.25) is 0 Å². The smallest absolute Gasteiger partial charge is 0.264 e. The van der Waals surface area contributed by atoms with E-state index in [1.165, 1.54) is 0 Å². The average molecular weight is 387 g/mol. The number of rotatable bonds is 11. The summed E-state index contributed by atoms with van der Waals surface area (Å²) < 4.78 is 40.5. The van der Waals surface area contributed by atoms with Gasteiger partial charge in [-0.15, -0.1) is 0 Å². The molecule has 1 fully saturated rings. The zero-order valence-electron chi connectivity index (χ0n) is 14.3. The first-order chi connectivity index (χ1) is 11.7. The Kier molecular flexibility index (Phi) is 9.70. The van der Waals surface area contributed by atoms with E-state index in [2.05, 4.69) is 0 Å². The summed E-state index contributed by atoms with van der Waals surface area (Å²) in [4.78, 5) is 1.93. The van der Waals surface area contributed by atoms with Crippen molar-refractivity contribution in [2.45, 2.75) is 50.0 Å². The highest BCUT2D eigenvalue weighted by Gasteiger charge is 2.43. The van der Waals surface area contributed by atoms with Crippen molar-refractivity contribution < 1.29 is 42.9 Å². The molecule has 5 atom stereocenters. The second kappa shape index (κ2) is 10.7. The van der Waals surface area contributed by atoms with Gasteiger partial charge in [-0.1, -0.05) is 0 Å². The molecule has 150 valence electrons. The van der Waals surface area contributed by atoms with Gasteiger partial charge in [0, 0.05) is 6.61 Å². The van der Waals surface area contributed by atoms with E-state index in [4.69, 9.17) is 19.1 Å². The minimum Gasteiger partial charge on any atom is -0.394 e. The third-order valence-corrected chi connectivity index (χ3v) is 4.81. The van der Waals surface area contributed by atoms with Crippen LogP contribution >= 0.6 is 0 Å². The lowest BCUT2D eigenvalue weighted by Crippen LogP contribution is -2.59. The molecule has 0 unspecified atom stereocenters. The molecule has 0 aromatic heterocycles. The van der Waals surface area contributed by atoms with Crippen molar-refractivity contribution in [1.29, 1.82) is 0 Å². The van der Waals surface area contributed by atoms with Crippen LogP contribution in [0, 0.1) is 0 Å². The summed E-state index contributed by atoms with van der Waals surface area (Å²) in [6, 6.07) is 0. The fourth-order valence-corrected chi connectivity index (χ4v) is 3.01. The van der Waals surface area contributed by atoms with Crippen LogP contribution in [0.3, 0.4) is 0 Å². The average Bonchev–Trinajstić information content (AvgIpc) is 2.53. The van der Waals surface area contributed by atoms with Crippen LogP contribution in [0.25, 0.3) is 0 Å². The van der Waals surface area contributed by atoms with Gasteiger partial charge in [0.2, 0.25) is 0 Å². The summed E-state index contributed by atoms with van der Waals surface area (Å²) in [7, 11) is -2.09. The van der Waals surface area contributed by atoms with E-state index < -0.39 is 47.4 Å². The monoisotopic (exact) mass is 387 g/mol. The van der Waals surface area contributed by atoms with Gasteiger partial charge < -0.3 is 34.8 Å². The highest BCUT2D eigenvalue weighted by atomic mass is 32.2. The van der Waals surface area contributed by atoms with Crippen molar-refractivity contribution in [2.75, 3.05) is 39.1 Å². The van der Waals surface area contributed by atoms with E-state index >= 15 is 0 Å². The van der Waals surface area contributed by atoms with Crippen LogP contribution in [0.1, 0.15) is 19.3 Å². The van der Waals surface area contributed by atoms with Gasteiger partial charge in [0.15, 0.2) is 6.29 Å². The summed E-state index contributed by atoms with van der Waals surface area (Å²) in [6.07, 6.45) is -4.64. The molecule has 10 nitrogen and oxygen atoms in total. The van der Waals surface area contributed by atoms with Crippen LogP contribution in [-0.2, 0) is 19.6 Å². The van der Waals surface area contributed by atoms with Crippen LogP contribution in [0.4, 0.5) is 0 Å². The molecule has 1 aliphatic rings. The van der Waals surface area contributed by atoms with E-state index in [-0.39, 0.29) is 12.4 Å². The van der Waals surface area contributed by atoms with E-state index in [0.717, 1.165) is 6.42 Å². The van der Waals surface area contributed by atoms with Crippen molar-refractivity contribution in [2.24, 2.45) is 0 Å². The Morgan fingerprint density at radius 3 is 2.28 bits per heavy atom. The highest BCUT2D eigenvalue weighted by Crippen LogP contribution is 2.22. The molecule has 0 aromatic rings. The van der Waals surface area contributed by atoms with Gasteiger partial charge in [0.1, 0.15) is 24.4 Å². The van der Waals surface area contributed by atoms with Gasteiger partial charge in [0.05, 0.1) is 12.4 Å². The molecule has 0 aromatic carbocycles. The molecule has 0 bridgehead atoms. The largest absolute Gasteiger partial charge is 0.394 e. The molecule has 0 aliphatic carbocycles. The Morgan fingerprint density at radius 2 is 1.68 bits per heavy atom. The molecule has 0 radical (unpaired) electrons. The topological polar surface area (TPSA) is 157 Å². The maximum atomic E-state index is 10.6. The third kappa shape index (κ3) is 8.24. The van der Waals surface area contributed by atoms with Crippen molar-refractivity contribution in [1.82, 2.24) is 4.90 Å². The SMILES string of the molecule is CN(CCCCO[C@@H]1O[C@H](CO)[C@@H](O)[C@H](O)[C@H]1O)CCCS(=O)(=O)O. The van der Waals surface area contributed by atoms with Gasteiger partial charge in [-0.3, -0.25) is 4.55 Å². The summed E-state index contributed by atoms with van der Waals surface area (Å²) in [5.74, 6) is -0.266. The molecule has 1 rings (SSSR count). The lowest BCUT2D eigenvalue weighted by molar-refractivity contribution is -0.301. The Balaban J connectivity index is 2.18. The zero-order chi connectivity index (χ0) is 19.0. The second-order valence-corrected chi connectivity index (χ2v) is 7.79. The number of aliphatic hydroxyl groups is 4. The molecular formula is C14H29NO9S. The second-order valence-electron chi connectivity index (χ2n) is 6.22.